The van der Waals surface area contributed by atoms with Crippen LogP contribution >= 0.6 is 11.6 Å². The van der Waals surface area contributed by atoms with E-state index in [1.807, 2.05) is 0 Å². The Morgan fingerprint density at radius 2 is 2.10 bits per heavy atom. The van der Waals surface area contributed by atoms with Gasteiger partial charge in [0.05, 0.1) is 5.02 Å². The lowest BCUT2D eigenvalue weighted by molar-refractivity contribution is -0.131. The average molecular weight is 305 g/mol. The highest BCUT2D eigenvalue weighted by Crippen LogP contribution is 2.16. The second kappa shape index (κ2) is 6.28. The molecule has 0 spiro atoms. The number of amides is 1. The Balaban J connectivity index is 2.16. The Morgan fingerprint density at radius 1 is 1.33 bits per heavy atom. The molecule has 1 aromatic heterocycles. The smallest absolute Gasteiger partial charge is 0.328 e. The van der Waals surface area contributed by atoms with Gasteiger partial charge in [-0.1, -0.05) is 23.7 Å². The van der Waals surface area contributed by atoms with Crippen molar-refractivity contribution in [1.29, 1.82) is 0 Å². The molecule has 0 saturated heterocycles. The quantitative estimate of drug-likeness (QED) is 0.853. The van der Waals surface area contributed by atoms with Crippen LogP contribution in [0, 0.1) is 0 Å². The number of rotatable bonds is 4. The molecule has 5 nitrogen and oxygen atoms in total. The number of aliphatic carboxylic acids is 1. The van der Waals surface area contributed by atoms with Crippen molar-refractivity contribution in [2.24, 2.45) is 7.05 Å². The third-order valence-corrected chi connectivity index (χ3v) is 2.97. The van der Waals surface area contributed by atoms with Crippen molar-refractivity contribution in [2.45, 2.75) is 0 Å². The Labute approximate surface area is 126 Å². The molecule has 0 aliphatic carbocycles. The molecule has 0 aliphatic heterocycles. The molecule has 1 heterocycles. The highest BCUT2D eigenvalue weighted by molar-refractivity contribution is 6.31. The average Bonchev–Trinajstić information content (AvgIpc) is 2.76. The van der Waals surface area contributed by atoms with Crippen molar-refractivity contribution < 1.29 is 14.7 Å². The Hall–Kier alpha value is -2.53. The SMILES string of the molecule is Cn1cc(Cl)cc1C(=O)Nc1cccc(/C=C/C(=O)O)c1. The predicted molar refractivity (Wildman–Crippen MR) is 81.5 cm³/mol. The van der Waals surface area contributed by atoms with Gasteiger partial charge in [0.25, 0.3) is 5.91 Å². The van der Waals surface area contributed by atoms with Crippen molar-refractivity contribution in [3.8, 4) is 0 Å². The molecular weight excluding hydrogens is 292 g/mol. The molecule has 0 unspecified atom stereocenters. The number of anilines is 1. The van der Waals surface area contributed by atoms with E-state index in [4.69, 9.17) is 16.7 Å². The van der Waals surface area contributed by atoms with Crippen molar-refractivity contribution in [1.82, 2.24) is 4.57 Å². The number of aromatic nitrogens is 1. The maximum atomic E-state index is 12.1. The molecular formula is C15H13ClN2O3. The number of carboxylic acids is 1. The molecule has 2 N–H and O–H groups in total. The summed E-state index contributed by atoms with van der Waals surface area (Å²) >= 11 is 5.84. The van der Waals surface area contributed by atoms with Crippen LogP contribution in [-0.4, -0.2) is 21.6 Å². The van der Waals surface area contributed by atoms with Crippen LogP contribution in [0.3, 0.4) is 0 Å². The molecule has 0 bridgehead atoms. The number of halogens is 1. The summed E-state index contributed by atoms with van der Waals surface area (Å²) in [5.74, 6) is -1.31. The van der Waals surface area contributed by atoms with Crippen LogP contribution in [0.4, 0.5) is 5.69 Å². The number of nitrogens with zero attached hydrogens (tertiary/aromatic N) is 1. The summed E-state index contributed by atoms with van der Waals surface area (Å²) < 4.78 is 1.63. The van der Waals surface area contributed by atoms with Crippen molar-refractivity contribution in [3.63, 3.8) is 0 Å². The van der Waals surface area contributed by atoms with Gasteiger partial charge < -0.3 is 15.0 Å². The van der Waals surface area contributed by atoms with Gasteiger partial charge in [-0.05, 0) is 29.8 Å². The number of aryl methyl sites for hydroxylation is 1. The molecule has 1 amide bonds. The van der Waals surface area contributed by atoms with Crippen molar-refractivity contribution in [3.05, 3.63) is 58.9 Å². The summed E-state index contributed by atoms with van der Waals surface area (Å²) in [6.45, 7) is 0. The summed E-state index contributed by atoms with van der Waals surface area (Å²) in [7, 11) is 1.73. The molecule has 108 valence electrons. The maximum Gasteiger partial charge on any atom is 0.328 e. The van der Waals surface area contributed by atoms with Crippen LogP contribution in [0.25, 0.3) is 6.08 Å². The van der Waals surface area contributed by atoms with Gasteiger partial charge in [0.2, 0.25) is 0 Å². The van der Waals surface area contributed by atoms with Gasteiger partial charge in [0, 0.05) is 25.0 Å². The summed E-state index contributed by atoms with van der Waals surface area (Å²) in [5.41, 5.74) is 1.69. The first kappa shape index (κ1) is 14.9. The van der Waals surface area contributed by atoms with E-state index in [0.29, 0.717) is 22.0 Å². The molecule has 0 atom stereocenters. The molecule has 1 aromatic carbocycles. The third-order valence-electron chi connectivity index (χ3n) is 2.77. The Kier molecular flexibility index (Phi) is 4.45. The molecule has 2 rings (SSSR count). The van der Waals surface area contributed by atoms with Crippen LogP contribution in [0.1, 0.15) is 16.1 Å². The lowest BCUT2D eigenvalue weighted by Crippen LogP contribution is -2.15. The van der Waals surface area contributed by atoms with E-state index in [0.717, 1.165) is 6.08 Å². The van der Waals surface area contributed by atoms with Crippen LogP contribution in [0.5, 0.6) is 0 Å². The molecule has 6 heteroatoms. The highest BCUT2D eigenvalue weighted by atomic mass is 35.5. The minimum Gasteiger partial charge on any atom is -0.478 e. The molecule has 21 heavy (non-hydrogen) atoms. The van der Waals surface area contributed by atoms with E-state index in [-0.39, 0.29) is 5.91 Å². The summed E-state index contributed by atoms with van der Waals surface area (Å²) in [4.78, 5) is 22.6. The van der Waals surface area contributed by atoms with Crippen LogP contribution in [0.15, 0.2) is 42.6 Å². The monoisotopic (exact) mass is 304 g/mol. The van der Waals surface area contributed by atoms with Crippen LogP contribution in [0.2, 0.25) is 5.02 Å². The molecule has 0 saturated carbocycles. The minimum atomic E-state index is -1.03. The summed E-state index contributed by atoms with van der Waals surface area (Å²) in [6.07, 6.45) is 4.14. The fourth-order valence-corrected chi connectivity index (χ4v) is 2.08. The van der Waals surface area contributed by atoms with Gasteiger partial charge >= 0.3 is 5.97 Å². The summed E-state index contributed by atoms with van der Waals surface area (Å²) in [5, 5.41) is 11.8. The van der Waals surface area contributed by atoms with Crippen molar-refractivity contribution >= 4 is 35.2 Å². The number of benzene rings is 1. The minimum absolute atomic E-state index is 0.288. The lowest BCUT2D eigenvalue weighted by atomic mass is 10.2. The topological polar surface area (TPSA) is 71.3 Å². The zero-order valence-electron chi connectivity index (χ0n) is 11.2. The van der Waals surface area contributed by atoms with Crippen molar-refractivity contribution in [2.75, 3.05) is 5.32 Å². The first-order chi connectivity index (χ1) is 9.95. The largest absolute Gasteiger partial charge is 0.478 e. The molecule has 0 radical (unpaired) electrons. The van der Waals surface area contributed by atoms with E-state index < -0.39 is 5.97 Å². The second-order valence-electron chi connectivity index (χ2n) is 4.41. The molecule has 0 aliphatic rings. The Bertz CT molecular complexity index is 719. The number of carbonyl (C=O) groups is 2. The fourth-order valence-electron chi connectivity index (χ4n) is 1.83. The highest BCUT2D eigenvalue weighted by Gasteiger charge is 2.11. The maximum absolute atomic E-state index is 12.1. The van der Waals surface area contributed by atoms with E-state index in [2.05, 4.69) is 5.32 Å². The first-order valence-corrected chi connectivity index (χ1v) is 6.48. The van der Waals surface area contributed by atoms with Gasteiger partial charge in [0.1, 0.15) is 5.69 Å². The van der Waals surface area contributed by atoms with E-state index in [1.165, 1.54) is 6.08 Å². The number of nitrogens with one attached hydrogen (secondary N) is 1. The summed E-state index contributed by atoms with van der Waals surface area (Å²) in [6, 6.07) is 8.46. The number of hydrogen-bond donors (Lipinski definition) is 2. The first-order valence-electron chi connectivity index (χ1n) is 6.10. The molecule has 0 fully saturated rings. The Morgan fingerprint density at radius 3 is 2.71 bits per heavy atom. The standard InChI is InChI=1S/C15H13ClN2O3/c1-18-9-11(16)8-13(18)15(21)17-12-4-2-3-10(7-12)5-6-14(19)20/h2-9H,1H3,(H,17,21)(H,19,20)/b6-5+. The fraction of sp³-hybridized carbons (Fsp3) is 0.0667. The third kappa shape index (κ3) is 3.97. The normalized spacial score (nSPS) is 10.8. The van der Waals surface area contributed by atoms with Gasteiger partial charge in [-0.15, -0.1) is 0 Å². The lowest BCUT2D eigenvalue weighted by Gasteiger charge is -2.06. The van der Waals surface area contributed by atoms with Crippen LogP contribution < -0.4 is 5.32 Å². The van der Waals surface area contributed by atoms with E-state index in [1.54, 1.807) is 48.1 Å². The number of hydrogen-bond acceptors (Lipinski definition) is 2. The van der Waals surface area contributed by atoms with E-state index >= 15 is 0 Å². The predicted octanol–water partition coefficient (Wildman–Crippen LogP) is 3.03. The number of carboxylic acid groups (broad SMARTS) is 1. The van der Waals surface area contributed by atoms with E-state index in [9.17, 15) is 9.59 Å². The van der Waals surface area contributed by atoms with Gasteiger partial charge in [-0.25, -0.2) is 4.79 Å². The van der Waals surface area contributed by atoms with Gasteiger partial charge in [0.15, 0.2) is 0 Å². The zero-order chi connectivity index (χ0) is 15.4. The van der Waals surface area contributed by atoms with Gasteiger partial charge in [-0.2, -0.15) is 0 Å². The zero-order valence-corrected chi connectivity index (χ0v) is 12.0. The number of carbonyl (C=O) groups excluding carboxylic acids is 1. The second-order valence-corrected chi connectivity index (χ2v) is 4.84. The molecule has 2 aromatic rings. The van der Waals surface area contributed by atoms with Gasteiger partial charge in [-0.3, -0.25) is 4.79 Å². The van der Waals surface area contributed by atoms with Crippen LogP contribution in [-0.2, 0) is 11.8 Å².